The van der Waals surface area contributed by atoms with E-state index in [1.807, 2.05) is 19.9 Å². The van der Waals surface area contributed by atoms with Crippen LogP contribution in [-0.4, -0.2) is 30.8 Å². The molecule has 5 heteroatoms. The molecule has 0 radical (unpaired) electrons. The molecule has 0 bridgehead atoms. The zero-order chi connectivity index (χ0) is 16.5. The monoisotopic (exact) mass is 311 g/mol. The predicted molar refractivity (Wildman–Crippen MR) is 84.8 cm³/mol. The van der Waals surface area contributed by atoms with Crippen LogP contribution in [0.3, 0.4) is 0 Å². The number of carbonyl (C=O) groups is 1. The predicted octanol–water partition coefficient (Wildman–Crippen LogP) is 3.25. The molecule has 22 heavy (non-hydrogen) atoms. The first-order valence-electron chi connectivity index (χ1n) is 7.76. The summed E-state index contributed by atoms with van der Waals surface area (Å²) in [7, 11) is 1.44. The molecule has 0 amide bonds. The molecular weight excluding hydrogens is 285 g/mol. The highest BCUT2D eigenvalue weighted by Crippen LogP contribution is 2.19. The molecule has 2 atom stereocenters. The van der Waals surface area contributed by atoms with Gasteiger partial charge >= 0.3 is 5.97 Å². The van der Waals surface area contributed by atoms with Gasteiger partial charge in [0.1, 0.15) is 6.04 Å². The summed E-state index contributed by atoms with van der Waals surface area (Å²) in [6.45, 7) is 4.65. The van der Waals surface area contributed by atoms with Crippen molar-refractivity contribution in [3.8, 4) is 5.75 Å². The van der Waals surface area contributed by atoms with Crippen molar-refractivity contribution in [2.24, 2.45) is 5.92 Å². The molecule has 0 saturated heterocycles. The van der Waals surface area contributed by atoms with Gasteiger partial charge in [-0.3, -0.25) is 4.79 Å². The second-order valence-corrected chi connectivity index (χ2v) is 5.72. The average molecular weight is 311 g/mol. The second-order valence-electron chi connectivity index (χ2n) is 5.72. The van der Waals surface area contributed by atoms with Crippen molar-refractivity contribution in [3.63, 3.8) is 0 Å². The largest absolute Gasteiger partial charge is 0.494 e. The van der Waals surface area contributed by atoms with Crippen LogP contribution in [0, 0.1) is 11.7 Å². The molecule has 1 rings (SSSR count). The lowest BCUT2D eigenvalue weighted by atomic mass is 10.00. The Morgan fingerprint density at radius 3 is 2.73 bits per heavy atom. The molecule has 124 valence electrons. The highest BCUT2D eigenvalue weighted by atomic mass is 19.1. The average Bonchev–Trinajstić information content (AvgIpc) is 2.47. The maximum atomic E-state index is 13.6. The van der Waals surface area contributed by atoms with Gasteiger partial charge in [0.2, 0.25) is 0 Å². The first-order valence-corrected chi connectivity index (χ1v) is 7.76. The lowest BCUT2D eigenvalue weighted by molar-refractivity contribution is -0.139. The van der Waals surface area contributed by atoms with Gasteiger partial charge in [-0.15, -0.1) is 0 Å². The summed E-state index contributed by atoms with van der Waals surface area (Å²) < 4.78 is 18.5. The number of halogens is 1. The second kappa shape index (κ2) is 9.41. The number of carboxylic acids is 1. The van der Waals surface area contributed by atoms with E-state index in [2.05, 4.69) is 5.32 Å². The Balaban J connectivity index is 2.49. The van der Waals surface area contributed by atoms with E-state index >= 15 is 0 Å². The van der Waals surface area contributed by atoms with Crippen molar-refractivity contribution in [2.45, 2.75) is 45.6 Å². The van der Waals surface area contributed by atoms with Crippen LogP contribution in [0.1, 0.15) is 38.7 Å². The van der Waals surface area contributed by atoms with Gasteiger partial charge in [0.25, 0.3) is 0 Å². The molecule has 0 aliphatic rings. The molecule has 0 saturated carbocycles. The number of hydrogen-bond donors (Lipinski definition) is 2. The first kappa shape index (κ1) is 18.4. The zero-order valence-electron chi connectivity index (χ0n) is 13.6. The minimum absolute atomic E-state index is 0.219. The Labute approximate surface area is 131 Å². The number of nitrogens with one attached hydrogen (secondary N) is 1. The van der Waals surface area contributed by atoms with Crippen molar-refractivity contribution in [3.05, 3.63) is 29.6 Å². The van der Waals surface area contributed by atoms with Crippen LogP contribution in [0.25, 0.3) is 0 Å². The van der Waals surface area contributed by atoms with E-state index in [0.29, 0.717) is 19.4 Å². The van der Waals surface area contributed by atoms with Crippen LogP contribution in [0.4, 0.5) is 4.39 Å². The molecule has 0 aliphatic carbocycles. The summed E-state index contributed by atoms with van der Waals surface area (Å²) in [4.78, 5) is 11.2. The molecule has 1 aromatic carbocycles. The maximum Gasteiger partial charge on any atom is 0.320 e. The molecule has 2 N–H and O–H groups in total. The SMILES string of the molecule is CCCCC(NCC(C)Cc1ccc(OC)c(F)c1)C(=O)O. The summed E-state index contributed by atoms with van der Waals surface area (Å²) in [6.07, 6.45) is 3.19. The number of ether oxygens (including phenoxy) is 1. The Morgan fingerprint density at radius 1 is 1.45 bits per heavy atom. The van der Waals surface area contributed by atoms with E-state index in [1.165, 1.54) is 13.2 Å². The smallest absolute Gasteiger partial charge is 0.320 e. The number of hydrogen-bond acceptors (Lipinski definition) is 3. The summed E-state index contributed by atoms with van der Waals surface area (Å²) in [5.41, 5.74) is 0.882. The van der Waals surface area contributed by atoms with Crippen molar-refractivity contribution >= 4 is 5.97 Å². The number of unbranched alkanes of at least 4 members (excludes halogenated alkanes) is 1. The van der Waals surface area contributed by atoms with Gasteiger partial charge < -0.3 is 15.2 Å². The molecule has 4 nitrogen and oxygen atoms in total. The Morgan fingerprint density at radius 2 is 2.18 bits per heavy atom. The van der Waals surface area contributed by atoms with Crippen LogP contribution in [-0.2, 0) is 11.2 Å². The molecule has 0 fully saturated rings. The third kappa shape index (κ3) is 6.02. The first-order chi connectivity index (χ1) is 10.5. The van der Waals surface area contributed by atoms with Crippen molar-refractivity contribution < 1.29 is 19.0 Å². The van der Waals surface area contributed by atoms with E-state index in [9.17, 15) is 14.3 Å². The summed E-state index contributed by atoms with van der Waals surface area (Å²) >= 11 is 0. The van der Waals surface area contributed by atoms with E-state index in [0.717, 1.165) is 18.4 Å². The van der Waals surface area contributed by atoms with Gasteiger partial charge in [0.15, 0.2) is 11.6 Å². The molecular formula is C17H26FNO3. The highest BCUT2D eigenvalue weighted by molar-refractivity contribution is 5.73. The Kier molecular flexibility index (Phi) is 7.88. The summed E-state index contributed by atoms with van der Waals surface area (Å²) in [5, 5.41) is 12.3. The molecule has 0 aromatic heterocycles. The molecule has 0 aliphatic heterocycles. The van der Waals surface area contributed by atoms with E-state index in [1.54, 1.807) is 6.07 Å². The lowest BCUT2D eigenvalue weighted by Crippen LogP contribution is -2.39. The van der Waals surface area contributed by atoms with Crippen LogP contribution < -0.4 is 10.1 Å². The number of rotatable bonds is 10. The fourth-order valence-corrected chi connectivity index (χ4v) is 2.38. The molecule has 1 aromatic rings. The van der Waals surface area contributed by atoms with E-state index < -0.39 is 12.0 Å². The Hall–Kier alpha value is -1.62. The van der Waals surface area contributed by atoms with Crippen molar-refractivity contribution in [1.82, 2.24) is 5.32 Å². The van der Waals surface area contributed by atoms with E-state index in [4.69, 9.17) is 4.74 Å². The third-order valence-electron chi connectivity index (χ3n) is 3.66. The topological polar surface area (TPSA) is 58.6 Å². The normalized spacial score (nSPS) is 13.6. The van der Waals surface area contributed by atoms with Crippen molar-refractivity contribution in [2.75, 3.05) is 13.7 Å². The van der Waals surface area contributed by atoms with Crippen LogP contribution in [0.2, 0.25) is 0 Å². The standard InChI is InChI=1S/C17H26FNO3/c1-4-5-6-15(17(20)21)19-11-12(2)9-13-7-8-16(22-3)14(18)10-13/h7-8,10,12,15,19H,4-6,9,11H2,1-3H3,(H,20,21). The van der Waals surface area contributed by atoms with Gasteiger partial charge in [-0.1, -0.05) is 32.8 Å². The van der Waals surface area contributed by atoms with Crippen LogP contribution in [0.15, 0.2) is 18.2 Å². The molecule has 2 unspecified atom stereocenters. The van der Waals surface area contributed by atoms with Gasteiger partial charge in [0, 0.05) is 0 Å². The summed E-state index contributed by atoms with van der Waals surface area (Å²) in [5.74, 6) is -0.723. The molecule has 0 heterocycles. The zero-order valence-corrected chi connectivity index (χ0v) is 13.6. The number of benzene rings is 1. The number of aliphatic carboxylic acids is 1. The van der Waals surface area contributed by atoms with E-state index in [-0.39, 0.29) is 17.5 Å². The third-order valence-corrected chi connectivity index (χ3v) is 3.66. The number of methoxy groups -OCH3 is 1. The minimum Gasteiger partial charge on any atom is -0.494 e. The highest BCUT2D eigenvalue weighted by Gasteiger charge is 2.17. The minimum atomic E-state index is -0.809. The van der Waals surface area contributed by atoms with Gasteiger partial charge in [0.05, 0.1) is 7.11 Å². The maximum absolute atomic E-state index is 13.6. The van der Waals surface area contributed by atoms with Gasteiger partial charge in [-0.05, 0) is 43.0 Å². The van der Waals surface area contributed by atoms with Gasteiger partial charge in [-0.2, -0.15) is 0 Å². The summed E-state index contributed by atoms with van der Waals surface area (Å²) in [6, 6.07) is 4.42. The Bertz CT molecular complexity index is 479. The fraction of sp³-hybridized carbons (Fsp3) is 0.588. The fourth-order valence-electron chi connectivity index (χ4n) is 2.38. The number of carboxylic acid groups (broad SMARTS) is 1. The van der Waals surface area contributed by atoms with Crippen LogP contribution >= 0.6 is 0 Å². The van der Waals surface area contributed by atoms with Gasteiger partial charge in [-0.25, -0.2) is 4.39 Å². The molecule has 0 spiro atoms. The quantitative estimate of drug-likeness (QED) is 0.696. The van der Waals surface area contributed by atoms with Crippen molar-refractivity contribution in [1.29, 1.82) is 0 Å². The van der Waals surface area contributed by atoms with Crippen LogP contribution in [0.5, 0.6) is 5.75 Å². The lowest BCUT2D eigenvalue weighted by Gasteiger charge is -2.18.